The second-order valence-corrected chi connectivity index (χ2v) is 4.38. The molecule has 84 valence electrons. The molecule has 2 heterocycles. The Bertz CT molecular complexity index is 313. The first-order valence-electron chi connectivity index (χ1n) is 5.54. The van der Waals surface area contributed by atoms with Gasteiger partial charge in [-0.25, -0.2) is 4.98 Å². The van der Waals surface area contributed by atoms with E-state index in [-0.39, 0.29) is 0 Å². The molecule has 1 N–H and O–H groups in total. The lowest BCUT2D eigenvalue weighted by molar-refractivity contribution is 0.107. The van der Waals surface area contributed by atoms with Crippen molar-refractivity contribution in [1.82, 2.24) is 15.2 Å². The maximum absolute atomic E-state index is 5.22. The Hall–Kier alpha value is -0.870. The number of oxazole rings is 1. The molecular weight excluding hydrogens is 190 g/mol. The lowest BCUT2D eigenvalue weighted by Crippen LogP contribution is -2.54. The fourth-order valence-corrected chi connectivity index (χ4v) is 2.13. The first kappa shape index (κ1) is 10.6. The molecule has 4 nitrogen and oxygen atoms in total. The predicted molar refractivity (Wildman–Crippen MR) is 58.6 cm³/mol. The van der Waals surface area contributed by atoms with Crippen LogP contribution in [0.5, 0.6) is 0 Å². The normalized spacial score (nSPS) is 28.2. The molecule has 1 fully saturated rings. The van der Waals surface area contributed by atoms with E-state index in [9.17, 15) is 0 Å². The van der Waals surface area contributed by atoms with Gasteiger partial charge in [-0.05, 0) is 20.8 Å². The van der Waals surface area contributed by atoms with Crippen molar-refractivity contribution in [3.63, 3.8) is 0 Å². The summed E-state index contributed by atoms with van der Waals surface area (Å²) in [6.45, 7) is 9.48. The van der Waals surface area contributed by atoms with Crippen molar-refractivity contribution in [1.29, 1.82) is 0 Å². The highest BCUT2D eigenvalue weighted by molar-refractivity contribution is 5.05. The summed E-state index contributed by atoms with van der Waals surface area (Å²) >= 11 is 0. The zero-order valence-corrected chi connectivity index (χ0v) is 9.66. The summed E-state index contributed by atoms with van der Waals surface area (Å²) in [4.78, 5) is 6.72. The monoisotopic (exact) mass is 209 g/mol. The molecule has 1 aliphatic heterocycles. The Labute approximate surface area is 90.7 Å². The average Bonchev–Trinajstić information content (AvgIpc) is 2.58. The fraction of sp³-hybridized carbons (Fsp3) is 0.727. The van der Waals surface area contributed by atoms with Gasteiger partial charge < -0.3 is 9.73 Å². The number of hydrogen-bond acceptors (Lipinski definition) is 4. The molecule has 0 spiro atoms. The molecule has 0 amide bonds. The van der Waals surface area contributed by atoms with Gasteiger partial charge >= 0.3 is 0 Å². The number of nitrogens with one attached hydrogen (secondary N) is 1. The van der Waals surface area contributed by atoms with Gasteiger partial charge in [0.25, 0.3) is 0 Å². The topological polar surface area (TPSA) is 41.3 Å². The molecule has 4 heteroatoms. The number of nitrogens with zero attached hydrogens (tertiary/aromatic N) is 2. The number of rotatable bonds is 2. The predicted octanol–water partition coefficient (Wildman–Crippen LogP) is 1.17. The van der Waals surface area contributed by atoms with Crippen molar-refractivity contribution in [2.45, 2.75) is 39.4 Å². The van der Waals surface area contributed by atoms with Gasteiger partial charge in [0, 0.05) is 31.7 Å². The quantitative estimate of drug-likeness (QED) is 0.793. The molecule has 0 bridgehead atoms. The molecule has 1 aromatic heterocycles. The van der Waals surface area contributed by atoms with E-state index in [1.165, 1.54) is 6.39 Å². The lowest BCUT2D eigenvalue weighted by atomic mass is 10.1. The summed E-state index contributed by atoms with van der Waals surface area (Å²) in [7, 11) is 0. The van der Waals surface area contributed by atoms with Gasteiger partial charge in [-0.2, -0.15) is 0 Å². The van der Waals surface area contributed by atoms with Gasteiger partial charge in [0.1, 0.15) is 5.76 Å². The Morgan fingerprint density at radius 2 is 2.13 bits per heavy atom. The van der Waals surface area contributed by atoms with E-state index in [0.717, 1.165) is 31.1 Å². The van der Waals surface area contributed by atoms with Gasteiger partial charge in [0.2, 0.25) is 0 Å². The Morgan fingerprint density at radius 3 is 2.67 bits per heavy atom. The molecule has 15 heavy (non-hydrogen) atoms. The first-order valence-corrected chi connectivity index (χ1v) is 5.54. The van der Waals surface area contributed by atoms with Crippen molar-refractivity contribution >= 4 is 0 Å². The molecule has 0 radical (unpaired) electrons. The Kier molecular flexibility index (Phi) is 3.07. The molecule has 0 saturated carbocycles. The minimum absolute atomic E-state index is 0.560. The van der Waals surface area contributed by atoms with Crippen molar-refractivity contribution in [3.8, 4) is 0 Å². The third kappa shape index (κ3) is 2.21. The fourth-order valence-electron chi connectivity index (χ4n) is 2.13. The summed E-state index contributed by atoms with van der Waals surface area (Å²) < 4.78 is 5.22. The summed E-state index contributed by atoms with van der Waals surface area (Å²) in [5.74, 6) is 0.938. The van der Waals surface area contributed by atoms with E-state index < -0.39 is 0 Å². The third-order valence-corrected chi connectivity index (χ3v) is 3.19. The van der Waals surface area contributed by atoms with Gasteiger partial charge in [-0.3, -0.25) is 4.90 Å². The van der Waals surface area contributed by atoms with Gasteiger partial charge in [-0.1, -0.05) is 0 Å². The van der Waals surface area contributed by atoms with Gasteiger partial charge in [0.05, 0.1) is 5.69 Å². The van der Waals surface area contributed by atoms with Gasteiger partial charge in [-0.15, -0.1) is 0 Å². The number of aromatic nitrogens is 1. The maximum Gasteiger partial charge on any atom is 0.181 e. The number of piperazine rings is 1. The van der Waals surface area contributed by atoms with Crippen LogP contribution >= 0.6 is 0 Å². The zero-order valence-electron chi connectivity index (χ0n) is 9.66. The Morgan fingerprint density at radius 1 is 1.47 bits per heavy atom. The molecule has 1 aromatic rings. The summed E-state index contributed by atoms with van der Waals surface area (Å²) in [5.41, 5.74) is 1.07. The minimum atomic E-state index is 0.560. The smallest absolute Gasteiger partial charge is 0.181 e. The van der Waals surface area contributed by atoms with E-state index in [0.29, 0.717) is 12.1 Å². The van der Waals surface area contributed by atoms with Crippen LogP contribution in [0.4, 0.5) is 0 Å². The van der Waals surface area contributed by atoms with E-state index in [1.807, 2.05) is 6.92 Å². The van der Waals surface area contributed by atoms with Crippen LogP contribution in [0.15, 0.2) is 10.8 Å². The molecule has 1 aliphatic rings. The summed E-state index contributed by atoms with van der Waals surface area (Å²) in [6.07, 6.45) is 1.53. The van der Waals surface area contributed by atoms with E-state index in [2.05, 4.69) is 29.0 Å². The van der Waals surface area contributed by atoms with Crippen LogP contribution in [-0.2, 0) is 6.54 Å². The van der Waals surface area contributed by atoms with Crippen molar-refractivity contribution in [2.75, 3.05) is 13.1 Å². The minimum Gasteiger partial charge on any atom is -0.448 e. The van der Waals surface area contributed by atoms with Gasteiger partial charge in [0.15, 0.2) is 6.39 Å². The van der Waals surface area contributed by atoms with Crippen LogP contribution in [0.3, 0.4) is 0 Å². The van der Waals surface area contributed by atoms with Crippen LogP contribution in [0.1, 0.15) is 25.3 Å². The number of aryl methyl sites for hydroxylation is 1. The van der Waals surface area contributed by atoms with Crippen molar-refractivity contribution in [2.24, 2.45) is 0 Å². The SMILES string of the molecule is Cc1ocnc1CN1C(C)CNCC1C. The maximum atomic E-state index is 5.22. The van der Waals surface area contributed by atoms with Crippen LogP contribution in [0, 0.1) is 6.92 Å². The molecule has 2 rings (SSSR count). The molecule has 1 saturated heterocycles. The Balaban J connectivity index is 2.06. The standard InChI is InChI=1S/C11H19N3O/c1-8-4-12-5-9(2)14(8)6-11-10(3)15-7-13-11/h7-9,12H,4-6H2,1-3H3. The van der Waals surface area contributed by atoms with Crippen LogP contribution < -0.4 is 5.32 Å². The molecule has 0 aromatic carbocycles. The highest BCUT2D eigenvalue weighted by Gasteiger charge is 2.25. The van der Waals surface area contributed by atoms with Crippen LogP contribution in [0.25, 0.3) is 0 Å². The molecular formula is C11H19N3O. The highest BCUT2D eigenvalue weighted by Crippen LogP contribution is 2.15. The summed E-state index contributed by atoms with van der Waals surface area (Å²) in [5, 5.41) is 3.42. The first-order chi connectivity index (χ1) is 7.18. The van der Waals surface area contributed by atoms with E-state index >= 15 is 0 Å². The van der Waals surface area contributed by atoms with E-state index in [4.69, 9.17) is 4.42 Å². The highest BCUT2D eigenvalue weighted by atomic mass is 16.3. The molecule has 2 atom stereocenters. The van der Waals surface area contributed by atoms with E-state index in [1.54, 1.807) is 0 Å². The summed E-state index contributed by atoms with van der Waals surface area (Å²) in [6, 6.07) is 1.12. The second kappa shape index (κ2) is 4.33. The van der Waals surface area contributed by atoms with Crippen LogP contribution in [0.2, 0.25) is 0 Å². The van der Waals surface area contributed by atoms with Crippen molar-refractivity contribution < 1.29 is 4.42 Å². The lowest BCUT2D eigenvalue weighted by Gasteiger charge is -2.39. The molecule has 0 aliphatic carbocycles. The molecule has 2 unspecified atom stereocenters. The average molecular weight is 209 g/mol. The third-order valence-electron chi connectivity index (χ3n) is 3.19. The number of hydrogen-bond donors (Lipinski definition) is 1. The zero-order chi connectivity index (χ0) is 10.8. The second-order valence-electron chi connectivity index (χ2n) is 4.38. The van der Waals surface area contributed by atoms with Crippen LogP contribution in [-0.4, -0.2) is 35.1 Å². The van der Waals surface area contributed by atoms with Crippen molar-refractivity contribution in [3.05, 3.63) is 17.8 Å². The largest absolute Gasteiger partial charge is 0.448 e.